The average Bonchev–Trinajstić information content (AvgIpc) is 2.57. The third-order valence-corrected chi connectivity index (χ3v) is 5.76. The Labute approximate surface area is 138 Å². The second-order valence-electron chi connectivity index (χ2n) is 7.47. The molecule has 3 rings (SSSR count). The van der Waals surface area contributed by atoms with Gasteiger partial charge >= 0.3 is 0 Å². The number of rotatable bonds is 4. The lowest BCUT2D eigenvalue weighted by Crippen LogP contribution is -3.20. The minimum absolute atomic E-state index is 0.212. The molecule has 0 amide bonds. The molecule has 0 atom stereocenters. The molecule has 0 unspecified atom stereocenters. The van der Waals surface area contributed by atoms with Gasteiger partial charge in [0.15, 0.2) is 0 Å². The van der Waals surface area contributed by atoms with Crippen LogP contribution in [-0.2, 0) is 6.54 Å². The highest BCUT2D eigenvalue weighted by Gasteiger charge is 2.32. The summed E-state index contributed by atoms with van der Waals surface area (Å²) in [6, 6.07) is 7.97. The van der Waals surface area contributed by atoms with E-state index in [4.69, 9.17) is 0 Å². The summed E-state index contributed by atoms with van der Waals surface area (Å²) in [5, 5.41) is 10.9. The fourth-order valence-electron chi connectivity index (χ4n) is 4.22. The highest BCUT2D eigenvalue weighted by molar-refractivity contribution is 5.33. The first kappa shape index (κ1) is 16.4. The quantitative estimate of drug-likeness (QED) is 0.626. The molecule has 126 valence electrons. The predicted molar refractivity (Wildman–Crippen MR) is 89.6 cm³/mol. The summed E-state index contributed by atoms with van der Waals surface area (Å²) in [5.74, 6) is 0.915. The lowest BCUT2D eigenvalue weighted by atomic mass is 9.95. The Hall–Kier alpha value is -1.46. The zero-order valence-electron chi connectivity index (χ0n) is 14.1. The SMILES string of the molecule is CC1CC[NH+](C2CC[NH+](Cc3cccc([N+](=O)[O-])c3)CC2)CC1. The van der Waals surface area contributed by atoms with E-state index in [-0.39, 0.29) is 10.6 Å². The van der Waals surface area contributed by atoms with E-state index >= 15 is 0 Å². The molecule has 0 radical (unpaired) electrons. The van der Waals surface area contributed by atoms with E-state index in [0.717, 1.165) is 24.1 Å². The molecule has 2 N–H and O–H groups in total. The van der Waals surface area contributed by atoms with E-state index < -0.39 is 0 Å². The number of likely N-dealkylation sites (tertiary alicyclic amines) is 2. The first-order valence-electron chi connectivity index (χ1n) is 9.03. The minimum Gasteiger partial charge on any atom is -0.332 e. The van der Waals surface area contributed by atoms with Crippen LogP contribution in [0.5, 0.6) is 0 Å². The summed E-state index contributed by atoms with van der Waals surface area (Å²) >= 11 is 0. The molecule has 2 aliphatic heterocycles. The lowest BCUT2D eigenvalue weighted by Gasteiger charge is -2.37. The number of nitrogens with one attached hydrogen (secondary N) is 2. The molecule has 0 bridgehead atoms. The van der Waals surface area contributed by atoms with E-state index in [1.807, 2.05) is 11.0 Å². The number of piperidine rings is 2. The standard InChI is InChI=1S/C18H27N3O2/c1-15-5-11-20(12-6-15)17-7-9-19(10-8-17)14-16-3-2-4-18(13-16)21(22)23/h2-4,13,15,17H,5-12,14H2,1H3/p+2. The van der Waals surface area contributed by atoms with Gasteiger partial charge in [-0.15, -0.1) is 0 Å². The van der Waals surface area contributed by atoms with Crippen molar-refractivity contribution in [2.45, 2.75) is 45.2 Å². The molecule has 0 spiro atoms. The zero-order valence-corrected chi connectivity index (χ0v) is 14.1. The normalized spacial score (nSPS) is 31.7. The zero-order chi connectivity index (χ0) is 16.2. The molecule has 2 heterocycles. The Morgan fingerprint density at radius 3 is 2.48 bits per heavy atom. The van der Waals surface area contributed by atoms with E-state index in [1.165, 1.54) is 51.9 Å². The van der Waals surface area contributed by atoms with Crippen LogP contribution in [-0.4, -0.2) is 37.1 Å². The molecule has 5 nitrogen and oxygen atoms in total. The van der Waals surface area contributed by atoms with Crippen molar-refractivity contribution in [1.29, 1.82) is 0 Å². The van der Waals surface area contributed by atoms with E-state index in [9.17, 15) is 10.1 Å². The van der Waals surface area contributed by atoms with Gasteiger partial charge in [0.25, 0.3) is 5.69 Å². The van der Waals surface area contributed by atoms with Crippen molar-refractivity contribution in [3.63, 3.8) is 0 Å². The second kappa shape index (κ2) is 7.41. The summed E-state index contributed by atoms with van der Waals surface area (Å²) in [5.41, 5.74) is 1.30. The van der Waals surface area contributed by atoms with Crippen LogP contribution in [0.4, 0.5) is 5.69 Å². The van der Waals surface area contributed by atoms with Gasteiger partial charge in [-0.25, -0.2) is 0 Å². The van der Waals surface area contributed by atoms with Gasteiger partial charge in [-0.1, -0.05) is 19.1 Å². The maximum Gasteiger partial charge on any atom is 0.269 e. The Balaban J connectivity index is 1.49. The Kier molecular flexibility index (Phi) is 5.28. The van der Waals surface area contributed by atoms with Gasteiger partial charge < -0.3 is 9.80 Å². The fourth-order valence-corrected chi connectivity index (χ4v) is 4.22. The monoisotopic (exact) mass is 319 g/mol. The molecular weight excluding hydrogens is 290 g/mol. The third kappa shape index (κ3) is 4.30. The molecule has 23 heavy (non-hydrogen) atoms. The number of hydrogen-bond acceptors (Lipinski definition) is 2. The van der Waals surface area contributed by atoms with Crippen LogP contribution in [0, 0.1) is 16.0 Å². The van der Waals surface area contributed by atoms with Gasteiger partial charge in [0, 0.05) is 30.5 Å². The van der Waals surface area contributed by atoms with Crippen molar-refractivity contribution in [3.8, 4) is 0 Å². The van der Waals surface area contributed by atoms with E-state index in [2.05, 4.69) is 6.92 Å². The maximum absolute atomic E-state index is 10.9. The summed E-state index contributed by atoms with van der Waals surface area (Å²) < 4.78 is 0. The number of nitro groups is 1. The highest BCUT2D eigenvalue weighted by atomic mass is 16.6. The van der Waals surface area contributed by atoms with Crippen molar-refractivity contribution in [2.75, 3.05) is 26.2 Å². The van der Waals surface area contributed by atoms with E-state index in [1.54, 1.807) is 23.1 Å². The van der Waals surface area contributed by atoms with Crippen LogP contribution in [0.3, 0.4) is 0 Å². The maximum atomic E-state index is 10.9. The largest absolute Gasteiger partial charge is 0.332 e. The Bertz CT molecular complexity index is 533. The van der Waals surface area contributed by atoms with Crippen molar-refractivity contribution >= 4 is 5.69 Å². The first-order chi connectivity index (χ1) is 11.1. The molecule has 5 heteroatoms. The van der Waals surface area contributed by atoms with Crippen LogP contribution < -0.4 is 9.80 Å². The van der Waals surface area contributed by atoms with Crippen LogP contribution in [0.2, 0.25) is 0 Å². The minimum atomic E-state index is -0.300. The molecule has 0 saturated carbocycles. The molecule has 0 aromatic heterocycles. The van der Waals surface area contributed by atoms with Gasteiger partial charge in [-0.05, 0) is 18.8 Å². The van der Waals surface area contributed by atoms with Crippen LogP contribution in [0.25, 0.3) is 0 Å². The summed E-state index contributed by atoms with van der Waals surface area (Å²) in [7, 11) is 0. The number of hydrogen-bond donors (Lipinski definition) is 2. The molecule has 0 aliphatic carbocycles. The van der Waals surface area contributed by atoms with Crippen LogP contribution in [0.1, 0.15) is 38.2 Å². The Morgan fingerprint density at radius 2 is 1.83 bits per heavy atom. The van der Waals surface area contributed by atoms with Crippen LogP contribution >= 0.6 is 0 Å². The van der Waals surface area contributed by atoms with Gasteiger partial charge in [0.2, 0.25) is 0 Å². The topological polar surface area (TPSA) is 52.0 Å². The van der Waals surface area contributed by atoms with Crippen molar-refractivity contribution in [1.82, 2.24) is 0 Å². The van der Waals surface area contributed by atoms with Crippen molar-refractivity contribution in [3.05, 3.63) is 39.9 Å². The average molecular weight is 319 g/mol. The number of non-ortho nitro benzene ring substituents is 1. The predicted octanol–water partition coefficient (Wildman–Crippen LogP) is 0.457. The molecule has 2 fully saturated rings. The Morgan fingerprint density at radius 1 is 1.13 bits per heavy atom. The van der Waals surface area contributed by atoms with E-state index in [0.29, 0.717) is 0 Å². The summed E-state index contributed by atoms with van der Waals surface area (Å²) in [6.45, 7) is 8.40. The third-order valence-electron chi connectivity index (χ3n) is 5.76. The number of nitrogens with zero attached hydrogens (tertiary/aromatic N) is 1. The number of quaternary nitrogens is 2. The van der Waals surface area contributed by atoms with Crippen molar-refractivity contribution < 1.29 is 14.7 Å². The number of benzene rings is 1. The smallest absolute Gasteiger partial charge is 0.269 e. The lowest BCUT2D eigenvalue weighted by molar-refractivity contribution is -0.966. The van der Waals surface area contributed by atoms with Gasteiger partial charge in [-0.2, -0.15) is 0 Å². The molecule has 1 aromatic carbocycles. The van der Waals surface area contributed by atoms with Gasteiger partial charge in [-0.3, -0.25) is 10.1 Å². The molecular formula is C18H29N3O2+2. The summed E-state index contributed by atoms with van der Waals surface area (Å²) in [4.78, 5) is 14.0. The van der Waals surface area contributed by atoms with Crippen LogP contribution in [0.15, 0.2) is 24.3 Å². The highest BCUT2D eigenvalue weighted by Crippen LogP contribution is 2.13. The fraction of sp³-hybridized carbons (Fsp3) is 0.667. The van der Waals surface area contributed by atoms with Gasteiger partial charge in [0.1, 0.15) is 6.54 Å². The molecule has 2 aliphatic rings. The second-order valence-corrected chi connectivity index (χ2v) is 7.47. The molecule has 1 aromatic rings. The summed E-state index contributed by atoms with van der Waals surface area (Å²) in [6.07, 6.45) is 5.37. The van der Waals surface area contributed by atoms with Crippen molar-refractivity contribution in [2.24, 2.45) is 5.92 Å². The molecule has 2 saturated heterocycles. The number of nitro benzene ring substituents is 1. The van der Waals surface area contributed by atoms with Gasteiger partial charge in [0.05, 0.1) is 37.1 Å². The first-order valence-corrected chi connectivity index (χ1v) is 9.03.